The summed E-state index contributed by atoms with van der Waals surface area (Å²) >= 11 is 0. The van der Waals surface area contributed by atoms with Crippen molar-refractivity contribution in [2.24, 2.45) is 0 Å². The molecule has 1 aromatic rings. The maximum Gasteiger partial charge on any atom is 0.150 e. The first-order valence-electron chi connectivity index (χ1n) is 5.86. The van der Waals surface area contributed by atoms with Crippen molar-refractivity contribution in [3.63, 3.8) is 0 Å². The largest absolute Gasteiger partial charge is 0.369 e. The molecule has 0 unspecified atom stereocenters. The molecule has 0 spiro atoms. The molecule has 0 amide bonds. The van der Waals surface area contributed by atoms with E-state index in [9.17, 15) is 4.79 Å². The van der Waals surface area contributed by atoms with Gasteiger partial charge in [0.1, 0.15) is 6.29 Å². The molecule has 3 nitrogen and oxygen atoms in total. The molecule has 0 saturated carbocycles. The van der Waals surface area contributed by atoms with E-state index in [1.807, 2.05) is 24.3 Å². The van der Waals surface area contributed by atoms with E-state index in [4.69, 9.17) is 0 Å². The monoisotopic (exact) mass is 234 g/mol. The molecule has 17 heavy (non-hydrogen) atoms. The highest BCUT2D eigenvalue weighted by atomic mass is 16.1. The molecule has 2 rings (SSSR count). The lowest BCUT2D eigenvalue weighted by Crippen LogP contribution is -2.46. The van der Waals surface area contributed by atoms with Crippen LogP contribution in [-0.2, 0) is 0 Å². The third-order valence-corrected chi connectivity index (χ3v) is 3.21. The number of carbonyl (C=O) groups is 1. The SMILES string of the molecule is C.CCN1CCN(c2ccc(C=O)cc2)CC1. The number of carbonyl (C=O) groups excluding carboxylic acids is 1. The van der Waals surface area contributed by atoms with Crippen LogP contribution in [0.5, 0.6) is 0 Å². The van der Waals surface area contributed by atoms with E-state index < -0.39 is 0 Å². The van der Waals surface area contributed by atoms with Crippen LogP contribution in [0.2, 0.25) is 0 Å². The van der Waals surface area contributed by atoms with Crippen LogP contribution >= 0.6 is 0 Å². The van der Waals surface area contributed by atoms with Crippen LogP contribution in [0.4, 0.5) is 5.69 Å². The van der Waals surface area contributed by atoms with Gasteiger partial charge in [-0.25, -0.2) is 0 Å². The molecule has 0 bridgehead atoms. The summed E-state index contributed by atoms with van der Waals surface area (Å²) in [6.07, 6.45) is 0.888. The number of likely N-dealkylation sites (N-methyl/N-ethyl adjacent to an activating group) is 1. The van der Waals surface area contributed by atoms with E-state index >= 15 is 0 Å². The number of hydrogen-bond acceptors (Lipinski definition) is 3. The van der Waals surface area contributed by atoms with Crippen LogP contribution in [0.1, 0.15) is 24.7 Å². The maximum absolute atomic E-state index is 10.6. The summed E-state index contributed by atoms with van der Waals surface area (Å²) < 4.78 is 0. The highest BCUT2D eigenvalue weighted by Gasteiger charge is 2.15. The maximum atomic E-state index is 10.6. The molecule has 0 radical (unpaired) electrons. The van der Waals surface area contributed by atoms with Gasteiger partial charge in [0.25, 0.3) is 0 Å². The number of aldehydes is 1. The van der Waals surface area contributed by atoms with E-state index in [2.05, 4.69) is 16.7 Å². The summed E-state index contributed by atoms with van der Waals surface area (Å²) in [7, 11) is 0. The molecule has 1 heterocycles. The molecule has 0 aliphatic carbocycles. The zero-order valence-electron chi connectivity index (χ0n) is 9.72. The van der Waals surface area contributed by atoms with E-state index in [0.717, 1.165) is 44.6 Å². The van der Waals surface area contributed by atoms with Crippen molar-refractivity contribution < 1.29 is 4.79 Å². The third kappa shape index (κ3) is 3.30. The minimum atomic E-state index is 0. The molecule has 3 heteroatoms. The predicted octanol–water partition coefficient (Wildman–Crippen LogP) is 2.28. The van der Waals surface area contributed by atoms with Gasteiger partial charge in [0.15, 0.2) is 0 Å². The second kappa shape index (κ2) is 6.40. The average molecular weight is 234 g/mol. The predicted molar refractivity (Wildman–Crippen MR) is 72.9 cm³/mol. The molecule has 0 N–H and O–H groups in total. The van der Waals surface area contributed by atoms with Gasteiger partial charge in [0.05, 0.1) is 0 Å². The molecule has 1 aliphatic heterocycles. The summed E-state index contributed by atoms with van der Waals surface area (Å²) in [5.74, 6) is 0. The van der Waals surface area contributed by atoms with Crippen molar-refractivity contribution in [2.45, 2.75) is 14.4 Å². The first-order chi connectivity index (χ1) is 7.83. The lowest BCUT2D eigenvalue weighted by Gasteiger charge is -2.35. The fourth-order valence-corrected chi connectivity index (χ4v) is 2.09. The lowest BCUT2D eigenvalue weighted by molar-refractivity contribution is 0.112. The van der Waals surface area contributed by atoms with Gasteiger partial charge in [-0.15, -0.1) is 0 Å². The second-order valence-corrected chi connectivity index (χ2v) is 4.13. The van der Waals surface area contributed by atoms with Crippen LogP contribution in [0, 0.1) is 0 Å². The Balaban J connectivity index is 0.00000144. The number of benzene rings is 1. The van der Waals surface area contributed by atoms with Gasteiger partial charge in [0, 0.05) is 37.4 Å². The Morgan fingerprint density at radius 1 is 1.12 bits per heavy atom. The minimum Gasteiger partial charge on any atom is -0.369 e. The van der Waals surface area contributed by atoms with Gasteiger partial charge in [-0.05, 0) is 30.8 Å². The van der Waals surface area contributed by atoms with Gasteiger partial charge in [-0.2, -0.15) is 0 Å². The van der Waals surface area contributed by atoms with Crippen LogP contribution < -0.4 is 4.90 Å². The second-order valence-electron chi connectivity index (χ2n) is 4.13. The molecule has 1 aliphatic rings. The van der Waals surface area contributed by atoms with Crippen LogP contribution in [0.3, 0.4) is 0 Å². The van der Waals surface area contributed by atoms with Crippen molar-refractivity contribution in [1.29, 1.82) is 0 Å². The summed E-state index contributed by atoms with van der Waals surface area (Å²) in [5.41, 5.74) is 1.97. The van der Waals surface area contributed by atoms with Crippen LogP contribution in [0.25, 0.3) is 0 Å². The highest BCUT2D eigenvalue weighted by Crippen LogP contribution is 2.16. The molecule has 0 atom stereocenters. The highest BCUT2D eigenvalue weighted by molar-refractivity contribution is 5.75. The quantitative estimate of drug-likeness (QED) is 0.750. The Labute approximate surface area is 104 Å². The first-order valence-corrected chi connectivity index (χ1v) is 5.86. The molecular weight excluding hydrogens is 212 g/mol. The number of anilines is 1. The van der Waals surface area contributed by atoms with Gasteiger partial charge in [-0.3, -0.25) is 4.79 Å². The number of hydrogen-bond donors (Lipinski definition) is 0. The fraction of sp³-hybridized carbons (Fsp3) is 0.500. The fourth-order valence-electron chi connectivity index (χ4n) is 2.09. The van der Waals surface area contributed by atoms with E-state index in [-0.39, 0.29) is 7.43 Å². The molecule has 1 aromatic carbocycles. The van der Waals surface area contributed by atoms with Crippen molar-refractivity contribution >= 4 is 12.0 Å². The molecular formula is C14H22N2O. The smallest absolute Gasteiger partial charge is 0.150 e. The molecule has 94 valence electrons. The van der Waals surface area contributed by atoms with E-state index in [0.29, 0.717) is 0 Å². The molecule has 1 fully saturated rings. The molecule has 0 aromatic heterocycles. The van der Waals surface area contributed by atoms with E-state index in [1.165, 1.54) is 5.69 Å². The van der Waals surface area contributed by atoms with Crippen molar-refractivity contribution in [1.82, 2.24) is 4.90 Å². The van der Waals surface area contributed by atoms with Gasteiger partial charge in [-0.1, -0.05) is 14.4 Å². The van der Waals surface area contributed by atoms with Crippen molar-refractivity contribution in [2.75, 3.05) is 37.6 Å². The van der Waals surface area contributed by atoms with Crippen molar-refractivity contribution in [3.05, 3.63) is 29.8 Å². The average Bonchev–Trinajstić information content (AvgIpc) is 2.39. The zero-order valence-corrected chi connectivity index (χ0v) is 9.72. The van der Waals surface area contributed by atoms with E-state index in [1.54, 1.807) is 0 Å². The number of piperazine rings is 1. The Kier molecular flexibility index (Phi) is 5.16. The number of rotatable bonds is 3. The van der Waals surface area contributed by atoms with Gasteiger partial charge in [0.2, 0.25) is 0 Å². The van der Waals surface area contributed by atoms with Crippen LogP contribution in [-0.4, -0.2) is 43.9 Å². The third-order valence-electron chi connectivity index (χ3n) is 3.21. The Bertz CT molecular complexity index is 340. The first kappa shape index (κ1) is 13.7. The van der Waals surface area contributed by atoms with Gasteiger partial charge >= 0.3 is 0 Å². The Morgan fingerprint density at radius 2 is 1.71 bits per heavy atom. The summed E-state index contributed by atoms with van der Waals surface area (Å²) in [6, 6.07) is 7.83. The summed E-state index contributed by atoms with van der Waals surface area (Å²) in [4.78, 5) is 15.4. The Morgan fingerprint density at radius 3 is 2.18 bits per heavy atom. The zero-order chi connectivity index (χ0) is 11.4. The minimum absolute atomic E-state index is 0. The van der Waals surface area contributed by atoms with Crippen molar-refractivity contribution in [3.8, 4) is 0 Å². The lowest BCUT2D eigenvalue weighted by atomic mass is 10.2. The molecule has 1 saturated heterocycles. The summed E-state index contributed by atoms with van der Waals surface area (Å²) in [5, 5.41) is 0. The van der Waals surface area contributed by atoms with Crippen LogP contribution in [0.15, 0.2) is 24.3 Å². The normalized spacial score (nSPS) is 16.4. The number of nitrogens with zero attached hydrogens (tertiary/aromatic N) is 2. The standard InChI is InChI=1S/C13H18N2O.CH4/c1-2-14-7-9-15(10-8-14)13-5-3-12(11-16)4-6-13;/h3-6,11H,2,7-10H2,1H3;1H4. The Hall–Kier alpha value is -1.35. The summed E-state index contributed by atoms with van der Waals surface area (Å²) in [6.45, 7) is 7.76. The van der Waals surface area contributed by atoms with Gasteiger partial charge < -0.3 is 9.80 Å². The topological polar surface area (TPSA) is 23.6 Å².